The molecule has 1 radical (unpaired) electrons. The summed E-state index contributed by atoms with van der Waals surface area (Å²) < 4.78 is 0. The topological polar surface area (TPSA) is 20.3 Å². The van der Waals surface area contributed by atoms with Gasteiger partial charge >= 0.3 is 0 Å². The van der Waals surface area contributed by atoms with E-state index in [0.29, 0.717) is 0 Å². The molecule has 1 aliphatic heterocycles. The first-order valence-electron chi connectivity index (χ1n) is 2.74. The third-order valence-corrected chi connectivity index (χ3v) is 1.23. The van der Waals surface area contributed by atoms with Crippen LogP contribution in [-0.4, -0.2) is 17.4 Å². The number of rotatable bonds is 0. The van der Waals surface area contributed by atoms with Crippen molar-refractivity contribution in [3.8, 4) is 0 Å². The van der Waals surface area contributed by atoms with Gasteiger partial charge in [-0.1, -0.05) is 6.08 Å². The second-order valence-corrected chi connectivity index (χ2v) is 1.89. The van der Waals surface area contributed by atoms with Gasteiger partial charge < -0.3 is 4.90 Å². The van der Waals surface area contributed by atoms with Crippen LogP contribution in [-0.2, 0) is 23.4 Å². The minimum atomic E-state index is 0. The van der Waals surface area contributed by atoms with Crippen LogP contribution in [0.15, 0.2) is 12.3 Å². The fourth-order valence-electron chi connectivity index (χ4n) is 0.752. The summed E-state index contributed by atoms with van der Waals surface area (Å²) in [6.45, 7) is 2.45. The molecule has 0 aromatic carbocycles. The Labute approximate surface area is 66.8 Å². The van der Waals surface area contributed by atoms with E-state index in [0.717, 1.165) is 13.0 Å². The van der Waals surface area contributed by atoms with Crippen LogP contribution in [0.4, 0.5) is 0 Å². The molecule has 1 rings (SSSR count). The van der Waals surface area contributed by atoms with E-state index in [4.69, 9.17) is 0 Å². The number of hydrogen-bond donors (Lipinski definition) is 0. The van der Waals surface area contributed by atoms with Gasteiger partial charge in [0, 0.05) is 38.2 Å². The fourth-order valence-corrected chi connectivity index (χ4v) is 0.752. The van der Waals surface area contributed by atoms with Gasteiger partial charge in [0.2, 0.25) is 5.91 Å². The first kappa shape index (κ1) is 8.79. The third-order valence-electron chi connectivity index (χ3n) is 1.23. The molecule has 1 heterocycles. The van der Waals surface area contributed by atoms with Crippen LogP contribution < -0.4 is 0 Å². The maximum absolute atomic E-state index is 10.5. The van der Waals surface area contributed by atoms with Crippen LogP contribution >= 0.6 is 0 Å². The molecule has 3 heteroatoms. The molecule has 2 nitrogen and oxygen atoms in total. The molecule has 1 aliphatic rings. The molecule has 49 valence electrons. The van der Waals surface area contributed by atoms with E-state index in [1.165, 1.54) is 0 Å². The SMILES string of the molecule is CC(=O)N1C=CCC1.[V]. The van der Waals surface area contributed by atoms with Crippen LogP contribution in [0.25, 0.3) is 0 Å². The van der Waals surface area contributed by atoms with Gasteiger partial charge in [-0.3, -0.25) is 4.79 Å². The summed E-state index contributed by atoms with van der Waals surface area (Å²) in [6.07, 6.45) is 4.85. The van der Waals surface area contributed by atoms with Crippen molar-refractivity contribution in [2.45, 2.75) is 13.3 Å². The van der Waals surface area contributed by atoms with Crippen molar-refractivity contribution in [1.29, 1.82) is 0 Å². The van der Waals surface area contributed by atoms with Crippen molar-refractivity contribution in [2.24, 2.45) is 0 Å². The average molecular weight is 162 g/mol. The smallest absolute Gasteiger partial charge is 0.223 e. The molecule has 9 heavy (non-hydrogen) atoms. The zero-order valence-corrected chi connectivity index (χ0v) is 6.77. The Bertz CT molecular complexity index is 133. The van der Waals surface area contributed by atoms with Crippen LogP contribution in [0.2, 0.25) is 0 Å². The van der Waals surface area contributed by atoms with Crippen molar-refractivity contribution >= 4 is 5.91 Å². The van der Waals surface area contributed by atoms with Crippen molar-refractivity contribution < 1.29 is 23.4 Å². The zero-order valence-electron chi connectivity index (χ0n) is 5.37. The van der Waals surface area contributed by atoms with E-state index in [9.17, 15) is 4.79 Å². The Hall–Kier alpha value is -0.206. The minimum Gasteiger partial charge on any atom is -0.319 e. The number of amides is 1. The summed E-state index contributed by atoms with van der Waals surface area (Å²) in [5, 5.41) is 0. The Morgan fingerprint density at radius 2 is 2.33 bits per heavy atom. The molecular formula is C6H9NOV. The summed E-state index contributed by atoms with van der Waals surface area (Å²) in [4.78, 5) is 12.2. The largest absolute Gasteiger partial charge is 0.319 e. The zero-order chi connectivity index (χ0) is 5.98. The summed E-state index contributed by atoms with van der Waals surface area (Å²) in [5.41, 5.74) is 0. The maximum Gasteiger partial charge on any atom is 0.223 e. The van der Waals surface area contributed by atoms with Crippen molar-refractivity contribution in [1.82, 2.24) is 4.90 Å². The van der Waals surface area contributed by atoms with Crippen molar-refractivity contribution in [3.05, 3.63) is 12.3 Å². The predicted molar refractivity (Wildman–Crippen MR) is 31.1 cm³/mol. The molecule has 0 bridgehead atoms. The van der Waals surface area contributed by atoms with E-state index >= 15 is 0 Å². The van der Waals surface area contributed by atoms with Gasteiger partial charge in [0.1, 0.15) is 0 Å². The van der Waals surface area contributed by atoms with Gasteiger partial charge in [-0.25, -0.2) is 0 Å². The third kappa shape index (κ3) is 2.25. The maximum atomic E-state index is 10.5. The number of carbonyl (C=O) groups excluding carboxylic acids is 1. The monoisotopic (exact) mass is 162 g/mol. The van der Waals surface area contributed by atoms with E-state index in [1.54, 1.807) is 11.8 Å². The van der Waals surface area contributed by atoms with Gasteiger partial charge in [-0.15, -0.1) is 0 Å². The molecule has 0 aromatic heterocycles. The van der Waals surface area contributed by atoms with Crippen molar-refractivity contribution in [3.63, 3.8) is 0 Å². The Morgan fingerprint density at radius 1 is 1.67 bits per heavy atom. The number of carbonyl (C=O) groups is 1. The average Bonchev–Trinajstić information content (AvgIpc) is 2.12. The predicted octanol–water partition coefficient (Wildman–Crippen LogP) is 0.750. The molecule has 0 aromatic rings. The van der Waals surface area contributed by atoms with Crippen LogP contribution in [0.5, 0.6) is 0 Å². The molecule has 0 saturated carbocycles. The Kier molecular flexibility index (Phi) is 3.67. The molecule has 0 N–H and O–H groups in total. The standard InChI is InChI=1S/C6H9NO.V/c1-6(8)7-4-2-3-5-7;/h2,4H,3,5H2,1H3;. The fraction of sp³-hybridized carbons (Fsp3) is 0.500. The molecule has 0 spiro atoms. The minimum absolute atomic E-state index is 0. The quantitative estimate of drug-likeness (QED) is 0.514. The van der Waals surface area contributed by atoms with Crippen LogP contribution in [0.1, 0.15) is 13.3 Å². The van der Waals surface area contributed by atoms with Gasteiger partial charge in [0.05, 0.1) is 0 Å². The van der Waals surface area contributed by atoms with Gasteiger partial charge in [0.15, 0.2) is 0 Å². The summed E-state index contributed by atoms with van der Waals surface area (Å²) >= 11 is 0. The molecule has 1 amide bonds. The first-order valence-corrected chi connectivity index (χ1v) is 2.74. The Morgan fingerprint density at radius 3 is 2.56 bits per heavy atom. The summed E-state index contributed by atoms with van der Waals surface area (Å²) in [5.74, 6) is 0.138. The molecule has 0 fully saturated rings. The van der Waals surface area contributed by atoms with E-state index in [1.807, 2.05) is 12.3 Å². The van der Waals surface area contributed by atoms with E-state index in [2.05, 4.69) is 0 Å². The number of hydrogen-bond acceptors (Lipinski definition) is 1. The molecule has 0 saturated heterocycles. The molecule has 0 unspecified atom stereocenters. The van der Waals surface area contributed by atoms with Crippen molar-refractivity contribution in [2.75, 3.05) is 6.54 Å². The first-order chi connectivity index (χ1) is 3.80. The second-order valence-electron chi connectivity index (χ2n) is 1.89. The second kappa shape index (κ2) is 3.75. The normalized spacial score (nSPS) is 15.4. The van der Waals surface area contributed by atoms with E-state index in [-0.39, 0.29) is 24.5 Å². The van der Waals surface area contributed by atoms with Gasteiger partial charge in [0.25, 0.3) is 0 Å². The van der Waals surface area contributed by atoms with Crippen LogP contribution in [0, 0.1) is 0 Å². The van der Waals surface area contributed by atoms with Gasteiger partial charge in [-0.05, 0) is 6.42 Å². The van der Waals surface area contributed by atoms with Gasteiger partial charge in [-0.2, -0.15) is 0 Å². The number of nitrogens with zero attached hydrogens (tertiary/aromatic N) is 1. The summed E-state index contributed by atoms with van der Waals surface area (Å²) in [6, 6.07) is 0. The molecular weight excluding hydrogens is 153 g/mol. The molecule has 0 aliphatic carbocycles. The van der Waals surface area contributed by atoms with Crippen LogP contribution in [0.3, 0.4) is 0 Å². The van der Waals surface area contributed by atoms with E-state index < -0.39 is 0 Å². The Balaban J connectivity index is 0.000000640. The summed E-state index contributed by atoms with van der Waals surface area (Å²) in [7, 11) is 0. The molecule has 0 atom stereocenters.